The molecule has 0 spiro atoms. The van der Waals surface area contributed by atoms with E-state index in [9.17, 15) is 14.4 Å². The molecule has 1 amide bonds. The molecule has 0 saturated heterocycles. The van der Waals surface area contributed by atoms with Crippen LogP contribution in [-0.2, 0) is 6.54 Å². The molecule has 1 heterocycles. The minimum Gasteiger partial charge on any atom is -0.322 e. The Kier molecular flexibility index (Phi) is 4.22. The van der Waals surface area contributed by atoms with Crippen LogP contribution in [0.3, 0.4) is 0 Å². The summed E-state index contributed by atoms with van der Waals surface area (Å²) in [6, 6.07) is 11.5. The third-order valence-electron chi connectivity index (χ3n) is 3.66. The van der Waals surface area contributed by atoms with Crippen LogP contribution in [0.25, 0.3) is 11.0 Å². The molecule has 0 aliphatic carbocycles. The van der Waals surface area contributed by atoms with Crippen LogP contribution in [0.5, 0.6) is 0 Å². The molecule has 2 N–H and O–H groups in total. The number of nitrogens with one attached hydrogen (secondary N) is 2. The minimum atomic E-state index is -0.709. The number of anilines is 1. The number of carbonyl (C=O) groups excluding carboxylic acids is 1. The van der Waals surface area contributed by atoms with Crippen LogP contribution in [-0.4, -0.2) is 15.5 Å². The van der Waals surface area contributed by atoms with Crippen molar-refractivity contribution in [2.24, 2.45) is 0 Å². The Morgan fingerprint density at radius 1 is 1.17 bits per heavy atom. The van der Waals surface area contributed by atoms with Gasteiger partial charge in [-0.25, -0.2) is 0 Å². The lowest BCUT2D eigenvalue weighted by atomic mass is 10.1. The number of nitrogens with zero attached hydrogens (tertiary/aromatic N) is 1. The molecule has 0 unspecified atom stereocenters. The second-order valence-electron chi connectivity index (χ2n) is 5.20. The lowest BCUT2D eigenvalue weighted by molar-refractivity contribution is 0.102. The number of benzene rings is 2. The van der Waals surface area contributed by atoms with E-state index in [1.54, 1.807) is 49.4 Å². The van der Waals surface area contributed by atoms with Gasteiger partial charge in [-0.3, -0.25) is 14.4 Å². The second-order valence-corrected chi connectivity index (χ2v) is 5.63. The van der Waals surface area contributed by atoms with Crippen molar-refractivity contribution in [3.63, 3.8) is 0 Å². The van der Waals surface area contributed by atoms with Crippen molar-refractivity contribution < 1.29 is 4.79 Å². The molecular weight excluding hydrogens is 330 g/mol. The highest BCUT2D eigenvalue weighted by molar-refractivity contribution is 6.30. The number of aromatic amines is 1. The van der Waals surface area contributed by atoms with Gasteiger partial charge in [-0.1, -0.05) is 11.6 Å². The molecular formula is C17H14ClN3O3. The number of hydrogen-bond donors (Lipinski definition) is 2. The average Bonchev–Trinajstić information content (AvgIpc) is 2.57. The maximum Gasteiger partial charge on any atom is 0.316 e. The molecule has 0 atom stereocenters. The lowest BCUT2D eigenvalue weighted by Crippen LogP contribution is -2.36. The van der Waals surface area contributed by atoms with Crippen LogP contribution < -0.4 is 16.4 Å². The van der Waals surface area contributed by atoms with Gasteiger partial charge in [0.25, 0.3) is 5.91 Å². The highest BCUT2D eigenvalue weighted by Crippen LogP contribution is 2.16. The van der Waals surface area contributed by atoms with Crippen molar-refractivity contribution in [2.45, 2.75) is 13.5 Å². The van der Waals surface area contributed by atoms with Gasteiger partial charge in [0.1, 0.15) is 0 Å². The van der Waals surface area contributed by atoms with E-state index in [0.29, 0.717) is 33.9 Å². The lowest BCUT2D eigenvalue weighted by Gasteiger charge is -2.09. The standard InChI is InChI=1S/C17H14ClN3O3/c1-2-21-14-8-3-10(9-13(14)20-16(23)17(21)24)15(22)19-12-6-4-11(18)5-7-12/h3-9H,2H2,1H3,(H,19,22)(H,20,23). The first-order chi connectivity index (χ1) is 11.5. The quantitative estimate of drug-likeness (QED) is 0.717. The van der Waals surface area contributed by atoms with Crippen molar-refractivity contribution in [1.29, 1.82) is 0 Å². The number of hydrogen-bond acceptors (Lipinski definition) is 3. The second kappa shape index (κ2) is 6.33. The molecule has 0 aliphatic heterocycles. The van der Waals surface area contributed by atoms with E-state index in [1.807, 2.05) is 0 Å². The van der Waals surface area contributed by atoms with E-state index in [2.05, 4.69) is 10.3 Å². The Bertz CT molecular complexity index is 1040. The zero-order valence-corrected chi connectivity index (χ0v) is 13.6. The third-order valence-corrected chi connectivity index (χ3v) is 3.91. The number of fused-ring (bicyclic) bond motifs is 1. The molecule has 1 aromatic heterocycles. The molecule has 0 bridgehead atoms. The van der Waals surface area contributed by atoms with Gasteiger partial charge in [-0.2, -0.15) is 0 Å². The van der Waals surface area contributed by atoms with E-state index in [-0.39, 0.29) is 5.91 Å². The number of aromatic nitrogens is 2. The first-order valence-corrected chi connectivity index (χ1v) is 7.71. The SMILES string of the molecule is CCn1c(=O)c(=O)[nH]c2cc(C(=O)Nc3ccc(Cl)cc3)ccc21. The fourth-order valence-electron chi connectivity index (χ4n) is 2.47. The first kappa shape index (κ1) is 16.0. The summed E-state index contributed by atoms with van der Waals surface area (Å²) in [5.74, 6) is -0.325. The van der Waals surface area contributed by atoms with Crippen molar-refractivity contribution in [2.75, 3.05) is 5.32 Å². The summed E-state index contributed by atoms with van der Waals surface area (Å²) in [6.07, 6.45) is 0. The van der Waals surface area contributed by atoms with E-state index < -0.39 is 11.1 Å². The van der Waals surface area contributed by atoms with Crippen LogP contribution in [0.2, 0.25) is 5.02 Å². The Labute approximate surface area is 141 Å². The Morgan fingerprint density at radius 3 is 2.54 bits per heavy atom. The van der Waals surface area contributed by atoms with Crippen LogP contribution >= 0.6 is 11.6 Å². The van der Waals surface area contributed by atoms with Crippen LogP contribution in [0.1, 0.15) is 17.3 Å². The number of halogens is 1. The van der Waals surface area contributed by atoms with Crippen LogP contribution in [0.4, 0.5) is 5.69 Å². The summed E-state index contributed by atoms with van der Waals surface area (Å²) >= 11 is 5.81. The predicted octanol–water partition coefficient (Wildman–Crippen LogP) is 2.62. The average molecular weight is 344 g/mol. The zero-order valence-electron chi connectivity index (χ0n) is 12.8. The normalized spacial score (nSPS) is 10.8. The number of amides is 1. The van der Waals surface area contributed by atoms with E-state index in [1.165, 1.54) is 4.57 Å². The van der Waals surface area contributed by atoms with Gasteiger partial charge in [-0.05, 0) is 49.4 Å². The van der Waals surface area contributed by atoms with Gasteiger partial charge in [0.15, 0.2) is 0 Å². The van der Waals surface area contributed by atoms with Crippen molar-refractivity contribution in [3.8, 4) is 0 Å². The van der Waals surface area contributed by atoms with E-state index in [4.69, 9.17) is 11.6 Å². The predicted molar refractivity (Wildman–Crippen MR) is 93.9 cm³/mol. The number of aryl methyl sites for hydroxylation is 1. The maximum atomic E-state index is 12.3. The first-order valence-electron chi connectivity index (χ1n) is 7.33. The summed E-state index contributed by atoms with van der Waals surface area (Å²) in [6.45, 7) is 2.15. The zero-order chi connectivity index (χ0) is 17.3. The number of H-pyrrole nitrogens is 1. The highest BCUT2D eigenvalue weighted by Gasteiger charge is 2.11. The summed E-state index contributed by atoms with van der Waals surface area (Å²) < 4.78 is 1.37. The molecule has 24 heavy (non-hydrogen) atoms. The van der Waals surface area contributed by atoms with E-state index >= 15 is 0 Å². The molecule has 7 heteroatoms. The summed E-state index contributed by atoms with van der Waals surface area (Å²) in [5, 5.41) is 3.32. The molecule has 3 rings (SSSR count). The summed E-state index contributed by atoms with van der Waals surface area (Å²) in [5.41, 5.74) is 0.671. The highest BCUT2D eigenvalue weighted by atomic mass is 35.5. The molecule has 0 saturated carbocycles. The van der Waals surface area contributed by atoms with Crippen molar-refractivity contribution in [1.82, 2.24) is 9.55 Å². The fraction of sp³-hybridized carbons (Fsp3) is 0.118. The Morgan fingerprint density at radius 2 is 1.88 bits per heavy atom. The molecule has 122 valence electrons. The van der Waals surface area contributed by atoms with Gasteiger partial charge in [0, 0.05) is 22.8 Å². The summed E-state index contributed by atoms with van der Waals surface area (Å²) in [4.78, 5) is 38.4. The molecule has 2 aromatic carbocycles. The topological polar surface area (TPSA) is 84.0 Å². The van der Waals surface area contributed by atoms with Crippen LogP contribution in [0, 0.1) is 0 Å². The van der Waals surface area contributed by atoms with Crippen LogP contribution in [0.15, 0.2) is 52.1 Å². The molecule has 0 radical (unpaired) electrons. The summed E-state index contributed by atoms with van der Waals surface area (Å²) in [7, 11) is 0. The molecule has 6 nitrogen and oxygen atoms in total. The van der Waals surface area contributed by atoms with Gasteiger partial charge in [-0.15, -0.1) is 0 Å². The number of carbonyl (C=O) groups is 1. The Hall–Kier alpha value is -2.86. The Balaban J connectivity index is 2.00. The third kappa shape index (κ3) is 2.96. The van der Waals surface area contributed by atoms with Gasteiger partial charge in [0.2, 0.25) is 0 Å². The maximum absolute atomic E-state index is 12.3. The largest absolute Gasteiger partial charge is 0.322 e. The fourth-order valence-corrected chi connectivity index (χ4v) is 2.60. The van der Waals surface area contributed by atoms with Crippen molar-refractivity contribution in [3.05, 3.63) is 73.8 Å². The van der Waals surface area contributed by atoms with Crippen molar-refractivity contribution >= 4 is 34.2 Å². The minimum absolute atomic E-state index is 0.325. The van der Waals surface area contributed by atoms with Gasteiger partial charge in [0.05, 0.1) is 11.0 Å². The number of rotatable bonds is 3. The van der Waals surface area contributed by atoms with E-state index in [0.717, 1.165) is 0 Å². The molecule has 0 aliphatic rings. The monoisotopic (exact) mass is 343 g/mol. The smallest absolute Gasteiger partial charge is 0.316 e. The molecule has 3 aromatic rings. The van der Waals surface area contributed by atoms with Gasteiger partial charge >= 0.3 is 11.1 Å². The van der Waals surface area contributed by atoms with Gasteiger partial charge < -0.3 is 14.9 Å². The molecule has 0 fully saturated rings.